The minimum atomic E-state index is -5.10. The van der Waals surface area contributed by atoms with Gasteiger partial charge < -0.3 is 32.8 Å². The van der Waals surface area contributed by atoms with Crippen molar-refractivity contribution in [2.45, 2.75) is 0 Å². The van der Waals surface area contributed by atoms with Crippen LogP contribution in [-0.4, -0.2) is 52.4 Å². The Morgan fingerprint density at radius 3 is 1.27 bits per heavy atom. The number of benzene rings is 2. The lowest BCUT2D eigenvalue weighted by Crippen LogP contribution is -2.12. The quantitative estimate of drug-likeness (QED) is 0.0845. The van der Waals surface area contributed by atoms with E-state index in [1.54, 1.807) is 0 Å². The lowest BCUT2D eigenvalue weighted by Gasteiger charge is -2.16. The summed E-state index contributed by atoms with van der Waals surface area (Å²) in [7, 11) is -10.2. The van der Waals surface area contributed by atoms with E-state index in [-0.39, 0.29) is 11.5 Å². The van der Waals surface area contributed by atoms with Crippen LogP contribution in [0.15, 0.2) is 60.6 Å². The first-order valence-electron chi connectivity index (χ1n) is 10.2. The molecule has 0 aromatic heterocycles. The average molecular weight is 640 g/mol. The van der Waals surface area contributed by atoms with Gasteiger partial charge >= 0.3 is 24.2 Å². The van der Waals surface area contributed by atoms with Crippen LogP contribution in [0.2, 0.25) is 0 Å². The molecule has 2 rings (SSSR count). The fourth-order valence-corrected chi connectivity index (χ4v) is 3.02. The Morgan fingerprint density at radius 1 is 0.585 bits per heavy atom. The first kappa shape index (κ1) is 33.4. The third-order valence-electron chi connectivity index (χ3n) is 3.90. The molecule has 0 N–H and O–H groups in total. The summed E-state index contributed by atoms with van der Waals surface area (Å²) in [6, 6.07) is 1.03. The maximum atomic E-state index is 13.3. The van der Waals surface area contributed by atoms with E-state index in [1.807, 2.05) is 0 Å². The van der Waals surface area contributed by atoms with E-state index in [4.69, 9.17) is 14.2 Å². The van der Waals surface area contributed by atoms with Crippen molar-refractivity contribution in [1.82, 2.24) is 0 Å². The molecule has 228 valence electrons. The third-order valence-corrected chi connectivity index (χ3v) is 4.81. The normalized spacial score (nSPS) is 11.4. The zero-order valence-corrected chi connectivity index (χ0v) is 21.3. The van der Waals surface area contributed by atoms with Crippen molar-refractivity contribution in [2.75, 3.05) is 26.4 Å². The van der Waals surface area contributed by atoms with Crippen molar-refractivity contribution in [3.05, 3.63) is 60.6 Å². The van der Waals surface area contributed by atoms with E-state index in [0.717, 1.165) is 36.4 Å². The molecule has 0 aliphatic rings. The van der Waals surface area contributed by atoms with Gasteiger partial charge in [0.15, 0.2) is 23.0 Å². The van der Waals surface area contributed by atoms with Gasteiger partial charge in [0, 0.05) is 12.1 Å². The Kier molecular flexibility index (Phi) is 12.0. The lowest BCUT2D eigenvalue weighted by atomic mass is 10.2. The third kappa shape index (κ3) is 12.5. The summed E-state index contributed by atoms with van der Waals surface area (Å²) in [5.41, 5.74) is 0. The van der Waals surface area contributed by atoms with E-state index in [0.29, 0.717) is 0 Å². The fourth-order valence-electron chi connectivity index (χ4n) is 2.48. The predicted octanol–water partition coefficient (Wildman–Crippen LogP) is 4.02. The largest absolute Gasteiger partial charge is 0.726 e. The van der Waals surface area contributed by atoms with E-state index in [1.165, 1.54) is 0 Å². The Morgan fingerprint density at radius 2 is 0.951 bits per heavy atom. The van der Waals surface area contributed by atoms with Crippen molar-refractivity contribution in [3.63, 3.8) is 0 Å². The van der Waals surface area contributed by atoms with E-state index < -0.39 is 94.4 Å². The van der Waals surface area contributed by atoms with Gasteiger partial charge in [0.2, 0.25) is 20.8 Å². The highest BCUT2D eigenvalue weighted by Crippen LogP contribution is 2.38. The molecular weight excluding hydrogens is 626 g/mol. The SMILES string of the molecule is O=S(=O)([O-])OCCOc1cc(Oc2ccc(OC(F)=C(F)F)c(OCCOS(=O)(=O)[O-])c2)ccc1OC(F)=C(F)F. The van der Waals surface area contributed by atoms with Crippen LogP contribution in [0.25, 0.3) is 0 Å². The summed E-state index contributed by atoms with van der Waals surface area (Å²) in [4.78, 5) is 0. The molecule has 13 nitrogen and oxygen atoms in total. The number of hydrogen-bond acceptors (Lipinski definition) is 13. The van der Waals surface area contributed by atoms with E-state index in [9.17, 15) is 52.3 Å². The van der Waals surface area contributed by atoms with Crippen LogP contribution in [-0.2, 0) is 29.2 Å². The number of rotatable bonds is 16. The van der Waals surface area contributed by atoms with Crippen LogP contribution < -0.4 is 23.7 Å². The lowest BCUT2D eigenvalue weighted by molar-refractivity contribution is 0.188. The molecule has 0 bridgehead atoms. The number of halogens is 6. The maximum absolute atomic E-state index is 13.3. The van der Waals surface area contributed by atoms with Crippen LogP contribution >= 0.6 is 0 Å². The van der Waals surface area contributed by atoms with E-state index >= 15 is 0 Å². The molecule has 0 radical (unpaired) electrons. The summed E-state index contributed by atoms with van der Waals surface area (Å²) in [6.45, 7) is -3.04. The van der Waals surface area contributed by atoms with Gasteiger partial charge in [-0.05, 0) is 24.3 Å². The van der Waals surface area contributed by atoms with Crippen molar-refractivity contribution in [1.29, 1.82) is 0 Å². The highest BCUT2D eigenvalue weighted by molar-refractivity contribution is 7.81. The first-order valence-corrected chi connectivity index (χ1v) is 12.9. The van der Waals surface area contributed by atoms with Crippen LogP contribution in [0.1, 0.15) is 0 Å². The molecule has 21 heteroatoms. The highest BCUT2D eigenvalue weighted by atomic mass is 32.3. The molecular formula is C20H14F6O13S2-2. The van der Waals surface area contributed by atoms with Crippen molar-refractivity contribution in [2.24, 2.45) is 0 Å². The smallest absolute Gasteiger partial charge is 0.344 e. The van der Waals surface area contributed by atoms with Gasteiger partial charge in [0.05, 0.1) is 13.2 Å². The maximum Gasteiger partial charge on any atom is 0.344 e. The van der Waals surface area contributed by atoms with Gasteiger partial charge in [0.25, 0.3) is 0 Å². The summed E-state index contributed by atoms with van der Waals surface area (Å²) >= 11 is 0. The molecule has 0 saturated heterocycles. The zero-order chi connectivity index (χ0) is 30.8. The molecule has 0 aliphatic heterocycles. The topological polar surface area (TPSA) is 179 Å². The fraction of sp³-hybridized carbons (Fsp3) is 0.200. The Labute approximate surface area is 226 Å². The van der Waals surface area contributed by atoms with Crippen LogP contribution in [0.3, 0.4) is 0 Å². The molecule has 0 amide bonds. The first-order chi connectivity index (χ1) is 19.0. The summed E-state index contributed by atoms with van der Waals surface area (Å²) in [5, 5.41) is 0. The molecule has 0 fully saturated rings. The predicted molar refractivity (Wildman–Crippen MR) is 117 cm³/mol. The average Bonchev–Trinajstić information content (AvgIpc) is 2.85. The van der Waals surface area contributed by atoms with Gasteiger partial charge in [-0.1, -0.05) is 0 Å². The van der Waals surface area contributed by atoms with Gasteiger partial charge in [0.1, 0.15) is 24.7 Å². The van der Waals surface area contributed by atoms with Gasteiger partial charge in [-0.15, -0.1) is 0 Å². The molecule has 0 atom stereocenters. The Hall–Kier alpha value is -3.76. The van der Waals surface area contributed by atoms with Crippen LogP contribution in [0, 0.1) is 0 Å². The monoisotopic (exact) mass is 640 g/mol. The van der Waals surface area contributed by atoms with Gasteiger partial charge in [-0.25, -0.2) is 16.8 Å². The molecule has 0 unspecified atom stereocenters. The van der Waals surface area contributed by atoms with Gasteiger partial charge in [-0.2, -0.15) is 26.3 Å². The second kappa shape index (κ2) is 14.7. The Bertz CT molecular complexity index is 1380. The van der Waals surface area contributed by atoms with Crippen LogP contribution in [0.5, 0.6) is 34.5 Å². The summed E-state index contributed by atoms with van der Waals surface area (Å²) < 4.78 is 172. The molecule has 0 spiro atoms. The molecule has 0 saturated carbocycles. The van der Waals surface area contributed by atoms with Gasteiger partial charge in [-0.3, -0.25) is 8.37 Å². The van der Waals surface area contributed by atoms with Crippen molar-refractivity contribution < 1.29 is 84.3 Å². The molecule has 2 aromatic rings. The Balaban J connectivity index is 2.32. The number of hydrogen-bond donors (Lipinski definition) is 0. The molecule has 0 heterocycles. The molecule has 2 aromatic carbocycles. The summed E-state index contributed by atoms with van der Waals surface area (Å²) in [5.74, 6) is -2.80. The van der Waals surface area contributed by atoms with Crippen LogP contribution in [0.4, 0.5) is 26.3 Å². The second-order valence-electron chi connectivity index (χ2n) is 6.75. The van der Waals surface area contributed by atoms with Crippen molar-refractivity contribution in [3.8, 4) is 34.5 Å². The second-order valence-corrected chi connectivity index (χ2v) is 8.85. The van der Waals surface area contributed by atoms with Crippen molar-refractivity contribution >= 4 is 20.8 Å². The standard InChI is InChI=1S/C20H16F6O13S2/c21-17(22)19(25)38-13-3-1-11(9-15(13)33-5-7-35-40(27,28)29)37-12-2-4-14(39-20(26)18(23)24)16(10-12)34-6-8-36-41(30,31)32/h1-4,9-10H,5-8H2,(H,27,28,29)(H,30,31,32)/p-2. The summed E-state index contributed by atoms with van der Waals surface area (Å²) in [6.07, 6.45) is -5.66. The molecule has 0 aliphatic carbocycles. The van der Waals surface area contributed by atoms with E-state index in [2.05, 4.69) is 17.8 Å². The zero-order valence-electron chi connectivity index (χ0n) is 19.7. The minimum Gasteiger partial charge on any atom is -0.726 e. The minimum absolute atomic E-state index is 0.212. The molecule has 41 heavy (non-hydrogen) atoms. The number of ether oxygens (including phenoxy) is 5. The highest BCUT2D eigenvalue weighted by Gasteiger charge is 2.17.